The Labute approximate surface area is 334 Å². The molecule has 0 saturated heterocycles. The van der Waals surface area contributed by atoms with Gasteiger partial charge in [-0.3, -0.25) is 19.2 Å². The standard InChI is InChI=1S/C44H42N6O8/c1-7-25-11-15-27(16-12-25)47-43(53)29-19-35-31(21-33(29)55-9-3)49-39-38(46-24(6)52)42-40(37(41(39)57-35)45-23(5)51)50-32-22-34(56-10-4)30(20-36(32)58-42)44(54)48-28-17-13-26(8-2)14-18-28/h11-22H,7-10H2,1-6H3,(H,45,51)(H,46,52)(H,47,53)(H,48,54). The normalized spacial score (nSPS) is 11.7. The maximum Gasteiger partial charge on any atom is 0.259 e. The van der Waals surface area contributed by atoms with Crippen LogP contribution in [0.25, 0.3) is 0 Å². The first-order valence-electron chi connectivity index (χ1n) is 19.0. The third-order valence-electron chi connectivity index (χ3n) is 9.30. The van der Waals surface area contributed by atoms with Gasteiger partial charge < -0.3 is 40.2 Å². The molecular weight excluding hydrogens is 741 g/mol. The SMILES string of the molecule is CCOc1cc2c(cc1C(=O)Nc1ccc(CC)cc1)Oc1c(NC(C)=O)c3c(c(NC(C)=O)c1=N2)Oc1cc(C(=O)Nc2ccc(CC)cc2)c(OCC)cc1N=3. The smallest absolute Gasteiger partial charge is 0.259 e. The summed E-state index contributed by atoms with van der Waals surface area (Å²) in [5.74, 6) is -0.853. The van der Waals surface area contributed by atoms with E-state index in [0.29, 0.717) is 11.4 Å². The lowest BCUT2D eigenvalue weighted by atomic mass is 10.1. The minimum Gasteiger partial charge on any atom is -0.493 e. The molecule has 4 N–H and O–H groups in total. The molecule has 296 valence electrons. The van der Waals surface area contributed by atoms with Crippen molar-refractivity contribution in [3.63, 3.8) is 0 Å². The summed E-state index contributed by atoms with van der Waals surface area (Å²) in [6, 6.07) is 21.2. The molecule has 0 spiro atoms. The third kappa shape index (κ3) is 7.89. The van der Waals surface area contributed by atoms with Crippen molar-refractivity contribution in [3.05, 3.63) is 106 Å². The molecule has 0 bridgehead atoms. The maximum atomic E-state index is 13.7. The highest BCUT2D eigenvalue weighted by Gasteiger charge is 2.32. The molecule has 2 aliphatic heterocycles. The first-order valence-corrected chi connectivity index (χ1v) is 19.0. The van der Waals surface area contributed by atoms with Gasteiger partial charge >= 0.3 is 0 Å². The first-order chi connectivity index (χ1) is 28.0. The highest BCUT2D eigenvalue weighted by atomic mass is 16.5. The number of hydrogen-bond donors (Lipinski definition) is 4. The van der Waals surface area contributed by atoms with Crippen LogP contribution < -0.4 is 50.9 Å². The molecule has 5 aromatic carbocycles. The quantitative estimate of drug-likeness (QED) is 0.0898. The number of aryl methyl sites for hydroxylation is 2. The number of nitrogens with one attached hydrogen (secondary N) is 4. The predicted octanol–water partition coefficient (Wildman–Crippen LogP) is 8.14. The summed E-state index contributed by atoms with van der Waals surface area (Å²) in [5, 5.41) is 11.7. The predicted molar refractivity (Wildman–Crippen MR) is 220 cm³/mol. The van der Waals surface area contributed by atoms with E-state index in [-0.39, 0.29) is 92.3 Å². The zero-order valence-electron chi connectivity index (χ0n) is 32.9. The number of ether oxygens (including phenoxy) is 4. The molecule has 0 unspecified atom stereocenters. The molecular formula is C44H42N6O8. The minimum absolute atomic E-state index is 0.0433. The molecule has 0 aromatic heterocycles. The van der Waals surface area contributed by atoms with Crippen LogP contribution in [-0.4, -0.2) is 36.8 Å². The molecule has 0 radical (unpaired) electrons. The van der Waals surface area contributed by atoms with E-state index in [1.165, 1.54) is 26.0 Å². The number of benzene rings is 5. The fourth-order valence-electron chi connectivity index (χ4n) is 6.52. The van der Waals surface area contributed by atoms with Crippen molar-refractivity contribution >= 4 is 57.8 Å². The Morgan fingerprint density at radius 3 is 1.26 bits per heavy atom. The number of carbonyl (C=O) groups is 4. The van der Waals surface area contributed by atoms with Gasteiger partial charge in [0.25, 0.3) is 11.8 Å². The Bertz CT molecular complexity index is 2430. The minimum atomic E-state index is -0.457. The van der Waals surface area contributed by atoms with E-state index in [0.717, 1.165) is 24.0 Å². The van der Waals surface area contributed by atoms with Gasteiger partial charge in [-0.1, -0.05) is 38.1 Å². The average Bonchev–Trinajstić information content (AvgIpc) is 3.21. The van der Waals surface area contributed by atoms with Crippen LogP contribution in [0.5, 0.6) is 34.5 Å². The summed E-state index contributed by atoms with van der Waals surface area (Å²) in [4.78, 5) is 62.7. The van der Waals surface area contributed by atoms with Crippen molar-refractivity contribution in [2.75, 3.05) is 34.5 Å². The molecule has 14 nitrogen and oxygen atoms in total. The Balaban J connectivity index is 1.36. The van der Waals surface area contributed by atoms with Gasteiger partial charge in [0, 0.05) is 37.4 Å². The molecule has 2 aliphatic rings. The summed E-state index contributed by atoms with van der Waals surface area (Å²) in [6.45, 7) is 10.8. The average molecular weight is 783 g/mol. The van der Waals surface area contributed by atoms with E-state index < -0.39 is 23.6 Å². The number of rotatable bonds is 12. The maximum absolute atomic E-state index is 13.7. The Morgan fingerprint density at radius 1 is 0.552 bits per heavy atom. The van der Waals surface area contributed by atoms with E-state index in [1.54, 1.807) is 26.0 Å². The summed E-state index contributed by atoms with van der Waals surface area (Å²) in [7, 11) is 0. The molecule has 0 saturated carbocycles. The first kappa shape index (κ1) is 39.0. The van der Waals surface area contributed by atoms with Gasteiger partial charge in [-0.05, 0) is 74.2 Å². The van der Waals surface area contributed by atoms with Gasteiger partial charge in [0.05, 0.1) is 24.3 Å². The van der Waals surface area contributed by atoms with Crippen LogP contribution in [0.1, 0.15) is 73.4 Å². The number of fused-ring (bicyclic) bond motifs is 4. The highest BCUT2D eigenvalue weighted by molar-refractivity contribution is 6.08. The zero-order valence-corrected chi connectivity index (χ0v) is 32.9. The highest BCUT2D eigenvalue weighted by Crippen LogP contribution is 2.46. The third-order valence-corrected chi connectivity index (χ3v) is 9.30. The molecule has 0 aliphatic carbocycles. The van der Waals surface area contributed by atoms with Gasteiger partial charge in [-0.25, -0.2) is 9.98 Å². The second-order valence-electron chi connectivity index (χ2n) is 13.4. The van der Waals surface area contributed by atoms with E-state index in [9.17, 15) is 19.2 Å². The molecule has 58 heavy (non-hydrogen) atoms. The summed E-state index contributed by atoms with van der Waals surface area (Å²) in [5.41, 5.74) is 4.57. The van der Waals surface area contributed by atoms with Crippen LogP contribution in [0.2, 0.25) is 0 Å². The van der Waals surface area contributed by atoms with Gasteiger partial charge in [-0.15, -0.1) is 0 Å². The van der Waals surface area contributed by atoms with Crippen molar-refractivity contribution < 1.29 is 38.1 Å². The van der Waals surface area contributed by atoms with Crippen LogP contribution in [0.3, 0.4) is 0 Å². The Kier molecular flexibility index (Phi) is 11.1. The van der Waals surface area contributed by atoms with Crippen LogP contribution in [0.15, 0.2) is 82.8 Å². The second kappa shape index (κ2) is 16.5. The van der Waals surface area contributed by atoms with Gasteiger partial charge in [-0.2, -0.15) is 0 Å². The number of carbonyl (C=O) groups excluding carboxylic acids is 4. The molecule has 5 aromatic rings. The molecule has 14 heteroatoms. The van der Waals surface area contributed by atoms with Crippen molar-refractivity contribution in [2.24, 2.45) is 9.98 Å². The summed E-state index contributed by atoms with van der Waals surface area (Å²) >= 11 is 0. The number of nitrogens with zero attached hydrogens (tertiary/aromatic N) is 2. The zero-order chi connectivity index (χ0) is 41.1. The molecule has 2 heterocycles. The lowest BCUT2D eigenvalue weighted by Crippen LogP contribution is -2.29. The molecule has 0 fully saturated rings. The van der Waals surface area contributed by atoms with E-state index in [1.807, 2.05) is 48.5 Å². The van der Waals surface area contributed by atoms with Crippen molar-refractivity contribution in [3.8, 4) is 34.5 Å². The fraction of sp³-hybridized carbons (Fsp3) is 0.227. The van der Waals surface area contributed by atoms with Crippen LogP contribution in [-0.2, 0) is 22.4 Å². The van der Waals surface area contributed by atoms with Crippen LogP contribution >= 0.6 is 0 Å². The topological polar surface area (TPSA) is 178 Å². The summed E-state index contributed by atoms with van der Waals surface area (Å²) < 4.78 is 24.8. The van der Waals surface area contributed by atoms with Gasteiger partial charge in [0.2, 0.25) is 11.8 Å². The number of hydrogen-bond acceptors (Lipinski definition) is 10. The van der Waals surface area contributed by atoms with Crippen LogP contribution in [0.4, 0.5) is 34.1 Å². The summed E-state index contributed by atoms with van der Waals surface area (Å²) in [6.07, 6.45) is 1.72. The lowest BCUT2D eigenvalue weighted by molar-refractivity contribution is -0.115. The van der Waals surface area contributed by atoms with E-state index >= 15 is 0 Å². The molecule has 7 rings (SSSR count). The number of amides is 4. The second-order valence-corrected chi connectivity index (χ2v) is 13.4. The van der Waals surface area contributed by atoms with Crippen molar-refractivity contribution in [1.82, 2.24) is 0 Å². The van der Waals surface area contributed by atoms with Crippen molar-refractivity contribution in [1.29, 1.82) is 0 Å². The van der Waals surface area contributed by atoms with Crippen LogP contribution in [0, 0.1) is 0 Å². The van der Waals surface area contributed by atoms with Gasteiger partial charge in [0.15, 0.2) is 23.0 Å². The molecule has 4 amide bonds. The van der Waals surface area contributed by atoms with Crippen molar-refractivity contribution in [2.45, 2.75) is 54.4 Å². The fourth-order valence-corrected chi connectivity index (χ4v) is 6.52. The van der Waals surface area contributed by atoms with Gasteiger partial charge in [0.1, 0.15) is 45.0 Å². The Hall–Kier alpha value is -7.22. The van der Waals surface area contributed by atoms with E-state index in [4.69, 9.17) is 28.9 Å². The molecule has 0 atom stereocenters. The lowest BCUT2D eigenvalue weighted by Gasteiger charge is -2.25. The van der Waals surface area contributed by atoms with E-state index in [2.05, 4.69) is 35.1 Å². The number of anilines is 4. The Morgan fingerprint density at radius 2 is 0.931 bits per heavy atom. The largest absolute Gasteiger partial charge is 0.493 e. The monoisotopic (exact) mass is 782 g/mol.